The molecule has 1 amide bonds. The van der Waals surface area contributed by atoms with Crippen LogP contribution in [0.2, 0.25) is 0 Å². The number of morpholine rings is 1. The lowest BCUT2D eigenvalue weighted by Gasteiger charge is -2.29. The predicted molar refractivity (Wildman–Crippen MR) is 117 cm³/mol. The summed E-state index contributed by atoms with van der Waals surface area (Å²) in [5, 5.41) is 2.78. The van der Waals surface area contributed by atoms with Crippen molar-refractivity contribution in [3.63, 3.8) is 0 Å². The smallest absolute Gasteiger partial charge is 0.246 e. The Kier molecular flexibility index (Phi) is 7.77. The molecule has 0 spiro atoms. The van der Waals surface area contributed by atoms with Crippen molar-refractivity contribution in [2.45, 2.75) is 24.8 Å². The summed E-state index contributed by atoms with van der Waals surface area (Å²) in [6.45, 7) is 6.11. The fourth-order valence-electron chi connectivity index (χ4n) is 3.67. The number of benzene rings is 2. The molecule has 1 atom stereocenters. The molecule has 31 heavy (non-hydrogen) atoms. The molecule has 3 rings (SSSR count). The summed E-state index contributed by atoms with van der Waals surface area (Å²) < 4.78 is 46.7. The molecule has 2 aromatic rings. The molecule has 1 heterocycles. The summed E-state index contributed by atoms with van der Waals surface area (Å²) in [6, 6.07) is 12.4. The van der Waals surface area contributed by atoms with Crippen LogP contribution in [0.25, 0.3) is 0 Å². The highest BCUT2D eigenvalue weighted by molar-refractivity contribution is 7.89. The maximum Gasteiger partial charge on any atom is 0.246 e. The molecule has 7 nitrogen and oxygen atoms in total. The molecule has 0 bridgehead atoms. The van der Waals surface area contributed by atoms with Gasteiger partial charge in [-0.1, -0.05) is 44.2 Å². The number of likely N-dealkylation sites (N-methyl/N-ethyl adjacent to an activating group) is 1. The van der Waals surface area contributed by atoms with Crippen molar-refractivity contribution in [3.05, 3.63) is 59.9 Å². The van der Waals surface area contributed by atoms with Crippen LogP contribution >= 0.6 is 0 Å². The summed E-state index contributed by atoms with van der Waals surface area (Å²) in [5.74, 6) is -1.16. The van der Waals surface area contributed by atoms with E-state index in [9.17, 15) is 17.6 Å². The SMILES string of the molecule is CCN(CC)C(C(=O)Nc1ccc(F)c(S(=O)(=O)N2CCOCC2)c1)c1ccccc1. The molecular formula is C22H28FN3O4S. The molecule has 0 saturated carbocycles. The van der Waals surface area contributed by atoms with Gasteiger partial charge >= 0.3 is 0 Å². The van der Waals surface area contributed by atoms with Gasteiger partial charge in [-0.15, -0.1) is 0 Å². The Bertz CT molecular complexity index is 991. The van der Waals surface area contributed by atoms with E-state index in [0.29, 0.717) is 13.1 Å². The maximum absolute atomic E-state index is 14.5. The predicted octanol–water partition coefficient (Wildman–Crippen LogP) is 2.87. The second-order valence-electron chi connectivity index (χ2n) is 7.19. The van der Waals surface area contributed by atoms with Gasteiger partial charge in [-0.25, -0.2) is 12.8 Å². The normalized spacial score (nSPS) is 16.3. The minimum absolute atomic E-state index is 0.163. The van der Waals surface area contributed by atoms with Crippen molar-refractivity contribution in [1.82, 2.24) is 9.21 Å². The van der Waals surface area contributed by atoms with Gasteiger partial charge in [0.15, 0.2) is 0 Å². The van der Waals surface area contributed by atoms with Crippen molar-refractivity contribution in [2.24, 2.45) is 0 Å². The topological polar surface area (TPSA) is 79.0 Å². The van der Waals surface area contributed by atoms with E-state index in [1.54, 1.807) is 0 Å². The lowest BCUT2D eigenvalue weighted by atomic mass is 10.0. The summed E-state index contributed by atoms with van der Waals surface area (Å²) >= 11 is 0. The Balaban J connectivity index is 1.89. The Labute approximate surface area is 182 Å². The first-order chi connectivity index (χ1) is 14.9. The number of anilines is 1. The standard InChI is InChI=1S/C22H28FN3O4S/c1-3-25(4-2)21(17-8-6-5-7-9-17)22(27)24-18-10-11-19(23)20(16-18)31(28,29)26-12-14-30-15-13-26/h5-11,16,21H,3-4,12-15H2,1-2H3,(H,24,27). The first-order valence-corrected chi connectivity index (χ1v) is 11.8. The van der Waals surface area contributed by atoms with Gasteiger partial charge < -0.3 is 10.1 Å². The van der Waals surface area contributed by atoms with Gasteiger partial charge in [0, 0.05) is 18.8 Å². The number of halogens is 1. The number of nitrogens with zero attached hydrogens (tertiary/aromatic N) is 2. The number of amides is 1. The number of rotatable bonds is 8. The fourth-order valence-corrected chi connectivity index (χ4v) is 5.17. The average molecular weight is 450 g/mol. The summed E-state index contributed by atoms with van der Waals surface area (Å²) in [6.07, 6.45) is 0. The van der Waals surface area contributed by atoms with Crippen LogP contribution < -0.4 is 5.32 Å². The molecule has 1 aliphatic heterocycles. The van der Waals surface area contributed by atoms with Crippen LogP contribution in [0, 0.1) is 5.82 Å². The van der Waals surface area contributed by atoms with Crippen molar-refractivity contribution in [2.75, 3.05) is 44.7 Å². The van der Waals surface area contributed by atoms with Crippen LogP contribution in [0.5, 0.6) is 0 Å². The molecule has 1 aliphatic rings. The van der Waals surface area contributed by atoms with Gasteiger partial charge in [0.1, 0.15) is 16.8 Å². The van der Waals surface area contributed by atoms with E-state index in [0.717, 1.165) is 11.6 Å². The van der Waals surface area contributed by atoms with Crippen LogP contribution in [0.1, 0.15) is 25.5 Å². The highest BCUT2D eigenvalue weighted by atomic mass is 32.2. The molecule has 0 radical (unpaired) electrons. The van der Waals surface area contributed by atoms with E-state index >= 15 is 0 Å². The molecule has 2 aromatic carbocycles. The fraction of sp³-hybridized carbons (Fsp3) is 0.409. The highest BCUT2D eigenvalue weighted by Crippen LogP contribution is 2.26. The van der Waals surface area contributed by atoms with Gasteiger partial charge in [-0.05, 0) is 36.9 Å². The lowest BCUT2D eigenvalue weighted by Crippen LogP contribution is -2.41. The zero-order valence-electron chi connectivity index (χ0n) is 17.8. The highest BCUT2D eigenvalue weighted by Gasteiger charge is 2.30. The number of sulfonamides is 1. The Hall–Kier alpha value is -2.33. The number of ether oxygens (including phenoxy) is 1. The number of carbonyl (C=O) groups excluding carboxylic acids is 1. The first-order valence-electron chi connectivity index (χ1n) is 10.4. The Morgan fingerprint density at radius 1 is 1.13 bits per heavy atom. The monoisotopic (exact) mass is 449 g/mol. The third kappa shape index (κ3) is 5.30. The van der Waals surface area contributed by atoms with Crippen molar-refractivity contribution in [3.8, 4) is 0 Å². The van der Waals surface area contributed by atoms with Crippen LogP contribution in [0.3, 0.4) is 0 Å². The van der Waals surface area contributed by atoms with Crippen LogP contribution in [0.4, 0.5) is 10.1 Å². The van der Waals surface area contributed by atoms with E-state index in [1.165, 1.54) is 16.4 Å². The van der Waals surface area contributed by atoms with Gasteiger partial charge in [0.05, 0.1) is 13.2 Å². The molecule has 168 valence electrons. The minimum Gasteiger partial charge on any atom is -0.379 e. The number of hydrogen-bond acceptors (Lipinski definition) is 5. The second kappa shape index (κ2) is 10.3. The molecule has 0 aliphatic carbocycles. The van der Waals surface area contributed by atoms with Crippen molar-refractivity contribution in [1.29, 1.82) is 0 Å². The Morgan fingerprint density at radius 3 is 2.39 bits per heavy atom. The molecule has 1 saturated heterocycles. The van der Waals surface area contributed by atoms with E-state index in [-0.39, 0.29) is 37.9 Å². The molecule has 9 heteroatoms. The Morgan fingerprint density at radius 2 is 1.77 bits per heavy atom. The van der Waals surface area contributed by atoms with Crippen LogP contribution in [-0.4, -0.2) is 62.9 Å². The molecule has 0 aromatic heterocycles. The number of nitrogens with one attached hydrogen (secondary N) is 1. The van der Waals surface area contributed by atoms with Gasteiger partial charge in [-0.2, -0.15) is 4.31 Å². The quantitative estimate of drug-likeness (QED) is 0.671. The zero-order valence-corrected chi connectivity index (χ0v) is 18.6. The summed E-state index contributed by atoms with van der Waals surface area (Å²) in [5.41, 5.74) is 1.05. The van der Waals surface area contributed by atoms with E-state index < -0.39 is 26.8 Å². The van der Waals surface area contributed by atoms with Crippen LogP contribution in [-0.2, 0) is 19.6 Å². The third-order valence-electron chi connectivity index (χ3n) is 5.33. The molecular weight excluding hydrogens is 421 g/mol. The van der Waals surface area contributed by atoms with Gasteiger partial charge in [-0.3, -0.25) is 9.69 Å². The number of hydrogen-bond donors (Lipinski definition) is 1. The van der Waals surface area contributed by atoms with Crippen molar-refractivity contribution < 1.29 is 22.3 Å². The summed E-state index contributed by atoms with van der Waals surface area (Å²) in [4.78, 5) is 14.7. The largest absolute Gasteiger partial charge is 0.379 e. The lowest BCUT2D eigenvalue weighted by molar-refractivity contribution is -0.121. The average Bonchev–Trinajstić information content (AvgIpc) is 2.79. The third-order valence-corrected chi connectivity index (χ3v) is 7.24. The summed E-state index contributed by atoms with van der Waals surface area (Å²) in [7, 11) is -4.03. The van der Waals surface area contributed by atoms with E-state index in [1.807, 2.05) is 49.1 Å². The van der Waals surface area contributed by atoms with E-state index in [4.69, 9.17) is 4.74 Å². The minimum atomic E-state index is -4.03. The van der Waals surface area contributed by atoms with Gasteiger partial charge in [0.25, 0.3) is 0 Å². The number of carbonyl (C=O) groups is 1. The zero-order chi connectivity index (χ0) is 22.4. The maximum atomic E-state index is 14.5. The van der Waals surface area contributed by atoms with Gasteiger partial charge in [0.2, 0.25) is 15.9 Å². The van der Waals surface area contributed by atoms with Crippen LogP contribution in [0.15, 0.2) is 53.4 Å². The molecule has 1 fully saturated rings. The first kappa shape index (κ1) is 23.3. The van der Waals surface area contributed by atoms with E-state index in [2.05, 4.69) is 5.32 Å². The molecule has 1 unspecified atom stereocenters. The molecule has 1 N–H and O–H groups in total. The second-order valence-corrected chi connectivity index (χ2v) is 9.09. The van der Waals surface area contributed by atoms with Crippen molar-refractivity contribution >= 4 is 21.6 Å².